The summed E-state index contributed by atoms with van der Waals surface area (Å²) in [6.07, 6.45) is 11.4. The van der Waals surface area contributed by atoms with E-state index in [-0.39, 0.29) is 0 Å². The summed E-state index contributed by atoms with van der Waals surface area (Å²) in [6.45, 7) is 0. The molecule has 1 aromatic carbocycles. The van der Waals surface area contributed by atoms with Crippen LogP contribution in [0, 0.1) is 29.6 Å². The van der Waals surface area contributed by atoms with E-state index in [1.165, 1.54) is 56.9 Å². The minimum Gasteiger partial charge on any atom is -0.324 e. The van der Waals surface area contributed by atoms with Gasteiger partial charge in [-0.3, -0.25) is 0 Å². The van der Waals surface area contributed by atoms with Crippen molar-refractivity contribution in [3.8, 4) is 0 Å². The molecular weight excluding hydrogens is 254 g/mol. The molecule has 21 heavy (non-hydrogen) atoms. The maximum Gasteiger partial charge on any atom is 0.0328 e. The second-order valence-electron chi connectivity index (χ2n) is 8.42. The first-order chi connectivity index (χ1) is 10.3. The average molecular weight is 281 g/mol. The fraction of sp³-hybridized carbons (Fsp3) is 0.700. The van der Waals surface area contributed by atoms with E-state index >= 15 is 0 Å². The predicted molar refractivity (Wildman–Crippen MR) is 85.9 cm³/mol. The van der Waals surface area contributed by atoms with Crippen LogP contribution < -0.4 is 5.73 Å². The zero-order valence-electron chi connectivity index (χ0n) is 12.9. The Bertz CT molecular complexity index is 533. The number of hydrogen-bond acceptors (Lipinski definition) is 1. The normalized spacial score (nSPS) is 41.3. The van der Waals surface area contributed by atoms with Crippen molar-refractivity contribution in [2.45, 2.75) is 57.4 Å². The molecular formula is C20H27N. The van der Waals surface area contributed by atoms with Crippen LogP contribution in [0.1, 0.15) is 61.3 Å². The van der Waals surface area contributed by atoms with Gasteiger partial charge >= 0.3 is 0 Å². The largest absolute Gasteiger partial charge is 0.324 e. The summed E-state index contributed by atoms with van der Waals surface area (Å²) in [5.74, 6) is 4.75. The molecule has 0 spiro atoms. The highest BCUT2D eigenvalue weighted by Crippen LogP contribution is 2.59. The van der Waals surface area contributed by atoms with Gasteiger partial charge in [-0.1, -0.05) is 18.2 Å². The number of fused-ring (bicyclic) bond motifs is 1. The Morgan fingerprint density at radius 3 is 2.24 bits per heavy atom. The van der Waals surface area contributed by atoms with E-state index in [0.29, 0.717) is 6.04 Å². The molecule has 6 rings (SSSR count). The van der Waals surface area contributed by atoms with Crippen LogP contribution in [0.25, 0.3) is 0 Å². The quantitative estimate of drug-likeness (QED) is 0.861. The molecule has 1 aromatic rings. The van der Waals surface area contributed by atoms with Gasteiger partial charge in [0.25, 0.3) is 0 Å². The van der Waals surface area contributed by atoms with E-state index in [1.807, 2.05) is 0 Å². The summed E-state index contributed by atoms with van der Waals surface area (Å²) in [4.78, 5) is 0. The Hall–Kier alpha value is -0.820. The molecule has 1 unspecified atom stereocenters. The third-order valence-corrected chi connectivity index (χ3v) is 7.22. The lowest BCUT2D eigenvalue weighted by atomic mass is 9.50. The van der Waals surface area contributed by atoms with Gasteiger partial charge in [0.2, 0.25) is 0 Å². The molecule has 0 aromatic heterocycles. The first kappa shape index (κ1) is 12.7. The van der Waals surface area contributed by atoms with Crippen LogP contribution in [-0.4, -0.2) is 0 Å². The lowest BCUT2D eigenvalue weighted by molar-refractivity contribution is -0.0471. The van der Waals surface area contributed by atoms with E-state index in [2.05, 4.69) is 18.2 Å². The number of hydrogen-bond donors (Lipinski definition) is 1. The molecule has 2 N–H and O–H groups in total. The molecule has 112 valence electrons. The van der Waals surface area contributed by atoms with Gasteiger partial charge in [0.1, 0.15) is 0 Å². The van der Waals surface area contributed by atoms with Crippen LogP contribution in [0.15, 0.2) is 18.2 Å². The summed E-state index contributed by atoms with van der Waals surface area (Å²) in [5, 5.41) is 0. The van der Waals surface area contributed by atoms with Crippen molar-refractivity contribution in [1.29, 1.82) is 0 Å². The molecule has 0 saturated heterocycles. The predicted octanol–water partition coefficient (Wildman–Crippen LogP) is 4.25. The summed E-state index contributed by atoms with van der Waals surface area (Å²) in [5.41, 5.74) is 11.4. The number of nitrogens with two attached hydrogens (primary N) is 1. The van der Waals surface area contributed by atoms with Crippen LogP contribution in [0.5, 0.6) is 0 Å². The lowest BCUT2D eigenvalue weighted by Crippen LogP contribution is -2.48. The molecule has 0 heterocycles. The Kier molecular flexibility index (Phi) is 2.77. The fourth-order valence-corrected chi connectivity index (χ4v) is 6.58. The molecule has 0 amide bonds. The highest BCUT2D eigenvalue weighted by Gasteiger charge is 2.50. The van der Waals surface area contributed by atoms with Gasteiger partial charge in [-0.05, 0) is 97.6 Å². The summed E-state index contributed by atoms with van der Waals surface area (Å²) >= 11 is 0. The second kappa shape index (κ2) is 4.59. The average Bonchev–Trinajstić information content (AvgIpc) is 2.93. The van der Waals surface area contributed by atoms with Gasteiger partial charge < -0.3 is 5.73 Å². The highest BCUT2D eigenvalue weighted by atomic mass is 14.7. The molecule has 1 atom stereocenters. The van der Waals surface area contributed by atoms with E-state index in [4.69, 9.17) is 5.73 Å². The van der Waals surface area contributed by atoms with E-state index in [9.17, 15) is 0 Å². The monoisotopic (exact) mass is 281 g/mol. The van der Waals surface area contributed by atoms with Crippen molar-refractivity contribution in [1.82, 2.24) is 0 Å². The van der Waals surface area contributed by atoms with Gasteiger partial charge in [-0.15, -0.1) is 0 Å². The van der Waals surface area contributed by atoms with Crippen LogP contribution >= 0.6 is 0 Å². The SMILES string of the molecule is NC(c1ccc2c(c1)CCC2)C1C2CC3CC(C2)CC1C3. The molecule has 4 saturated carbocycles. The smallest absolute Gasteiger partial charge is 0.0328 e. The van der Waals surface area contributed by atoms with Crippen molar-refractivity contribution in [2.24, 2.45) is 35.3 Å². The van der Waals surface area contributed by atoms with Gasteiger partial charge in [-0.25, -0.2) is 0 Å². The first-order valence-electron chi connectivity index (χ1n) is 9.15. The fourth-order valence-electron chi connectivity index (χ4n) is 6.58. The topological polar surface area (TPSA) is 26.0 Å². The van der Waals surface area contributed by atoms with Crippen LogP contribution in [0.4, 0.5) is 0 Å². The molecule has 4 fully saturated rings. The Morgan fingerprint density at radius 2 is 1.52 bits per heavy atom. The second-order valence-corrected chi connectivity index (χ2v) is 8.42. The Balaban J connectivity index is 1.44. The molecule has 1 heteroatoms. The molecule has 4 bridgehead atoms. The first-order valence-corrected chi connectivity index (χ1v) is 9.15. The Labute approximate surface area is 128 Å². The van der Waals surface area contributed by atoms with Gasteiger partial charge in [0.05, 0.1) is 0 Å². The van der Waals surface area contributed by atoms with Crippen molar-refractivity contribution >= 4 is 0 Å². The molecule has 1 nitrogen and oxygen atoms in total. The molecule has 0 radical (unpaired) electrons. The van der Waals surface area contributed by atoms with Crippen molar-refractivity contribution in [3.05, 3.63) is 34.9 Å². The van der Waals surface area contributed by atoms with Gasteiger partial charge in [0, 0.05) is 6.04 Å². The van der Waals surface area contributed by atoms with Gasteiger partial charge in [-0.2, -0.15) is 0 Å². The van der Waals surface area contributed by atoms with E-state index in [1.54, 1.807) is 11.1 Å². The standard InChI is InChI=1S/C20H27N/c21-20(16-5-4-14-2-1-3-15(14)11-16)19-17-7-12-6-13(9-17)10-18(19)8-12/h4-5,11-13,17-20H,1-3,6-10,21H2. The molecule has 5 aliphatic carbocycles. The van der Waals surface area contributed by atoms with Crippen molar-refractivity contribution < 1.29 is 0 Å². The molecule has 0 aliphatic heterocycles. The van der Waals surface area contributed by atoms with Crippen LogP contribution in [-0.2, 0) is 12.8 Å². The molecule has 5 aliphatic rings. The number of rotatable bonds is 2. The zero-order valence-corrected chi connectivity index (χ0v) is 12.9. The third kappa shape index (κ3) is 1.93. The number of aryl methyl sites for hydroxylation is 2. The van der Waals surface area contributed by atoms with Crippen LogP contribution in [0.2, 0.25) is 0 Å². The highest BCUT2D eigenvalue weighted by molar-refractivity contribution is 5.37. The maximum absolute atomic E-state index is 6.81. The lowest BCUT2D eigenvalue weighted by Gasteiger charge is -2.56. The van der Waals surface area contributed by atoms with Crippen LogP contribution in [0.3, 0.4) is 0 Å². The zero-order chi connectivity index (χ0) is 14.0. The summed E-state index contributed by atoms with van der Waals surface area (Å²) in [7, 11) is 0. The minimum absolute atomic E-state index is 0.297. The summed E-state index contributed by atoms with van der Waals surface area (Å²) in [6, 6.07) is 7.47. The van der Waals surface area contributed by atoms with Gasteiger partial charge in [0.15, 0.2) is 0 Å². The number of benzene rings is 1. The van der Waals surface area contributed by atoms with Crippen molar-refractivity contribution in [2.75, 3.05) is 0 Å². The third-order valence-electron chi connectivity index (χ3n) is 7.22. The Morgan fingerprint density at radius 1 is 0.857 bits per heavy atom. The van der Waals surface area contributed by atoms with E-state index in [0.717, 1.165) is 29.6 Å². The summed E-state index contributed by atoms with van der Waals surface area (Å²) < 4.78 is 0. The van der Waals surface area contributed by atoms with E-state index < -0.39 is 0 Å². The maximum atomic E-state index is 6.81. The van der Waals surface area contributed by atoms with Crippen molar-refractivity contribution in [3.63, 3.8) is 0 Å². The minimum atomic E-state index is 0.297.